The van der Waals surface area contributed by atoms with Gasteiger partial charge in [-0.15, -0.1) is 11.3 Å². The highest BCUT2D eigenvalue weighted by molar-refractivity contribution is 7.07. The minimum absolute atomic E-state index is 0.571. The van der Waals surface area contributed by atoms with Gasteiger partial charge in [-0.25, -0.2) is 4.68 Å². The van der Waals surface area contributed by atoms with E-state index in [-0.39, 0.29) is 0 Å². The highest BCUT2D eigenvalue weighted by Crippen LogP contribution is 2.34. The average Bonchev–Trinajstić information content (AvgIpc) is 3.09. The fraction of sp³-hybridized carbons (Fsp3) is 0.158. The molecular formula is C19H17N3O2S. The third-order valence-corrected chi connectivity index (χ3v) is 4.74. The van der Waals surface area contributed by atoms with Gasteiger partial charge in [0.2, 0.25) is 4.80 Å². The molecule has 0 atom stereocenters. The highest BCUT2D eigenvalue weighted by atomic mass is 32.1. The lowest BCUT2D eigenvalue weighted by molar-refractivity contribution is 0.171. The van der Waals surface area contributed by atoms with E-state index in [1.165, 1.54) is 0 Å². The Labute approximate surface area is 149 Å². The van der Waals surface area contributed by atoms with Crippen molar-refractivity contribution < 1.29 is 9.47 Å². The van der Waals surface area contributed by atoms with E-state index in [1.54, 1.807) is 18.4 Å². The van der Waals surface area contributed by atoms with Crippen LogP contribution in [-0.2, 0) is 0 Å². The lowest BCUT2D eigenvalue weighted by Gasteiger charge is -2.18. The zero-order valence-corrected chi connectivity index (χ0v) is 14.6. The first-order chi connectivity index (χ1) is 12.3. The lowest BCUT2D eigenvalue weighted by atomic mass is 10.1. The van der Waals surface area contributed by atoms with E-state index in [2.05, 4.69) is 15.5 Å². The van der Waals surface area contributed by atoms with E-state index in [9.17, 15) is 0 Å². The van der Waals surface area contributed by atoms with Crippen LogP contribution in [0, 0.1) is 0 Å². The molecule has 3 aromatic rings. The molecule has 0 fully saturated rings. The molecule has 4 rings (SSSR count). The Morgan fingerprint density at radius 3 is 2.64 bits per heavy atom. The molecule has 126 valence electrons. The minimum Gasteiger partial charge on any atom is -0.486 e. The van der Waals surface area contributed by atoms with Crippen LogP contribution in [0.25, 0.3) is 11.3 Å². The first kappa shape index (κ1) is 15.7. The zero-order chi connectivity index (χ0) is 17.1. The van der Waals surface area contributed by atoms with E-state index in [1.807, 2.05) is 59.4 Å². The Hall–Kier alpha value is -2.86. The normalized spacial score (nSPS) is 14.2. The molecule has 0 aliphatic carbocycles. The number of hydrogen-bond donors (Lipinski definition) is 0. The van der Waals surface area contributed by atoms with Gasteiger partial charge in [0.05, 0.1) is 11.9 Å². The van der Waals surface area contributed by atoms with Crippen LogP contribution in [-0.4, -0.2) is 31.2 Å². The van der Waals surface area contributed by atoms with Crippen molar-refractivity contribution >= 4 is 17.6 Å². The molecule has 2 aromatic carbocycles. The van der Waals surface area contributed by atoms with Crippen LogP contribution in [0.2, 0.25) is 0 Å². The van der Waals surface area contributed by atoms with E-state index >= 15 is 0 Å². The molecule has 2 heterocycles. The summed E-state index contributed by atoms with van der Waals surface area (Å²) in [4.78, 5) is 5.16. The van der Waals surface area contributed by atoms with Crippen LogP contribution in [0.1, 0.15) is 5.56 Å². The molecule has 0 bridgehead atoms. The molecule has 6 heteroatoms. The summed E-state index contributed by atoms with van der Waals surface area (Å²) in [6.07, 6.45) is 1.84. The minimum atomic E-state index is 0.571. The van der Waals surface area contributed by atoms with E-state index in [0.717, 1.165) is 33.1 Å². The number of ether oxygens (including phenoxy) is 2. The van der Waals surface area contributed by atoms with Gasteiger partial charge in [-0.05, 0) is 23.8 Å². The lowest BCUT2D eigenvalue weighted by Crippen LogP contribution is -2.15. The van der Waals surface area contributed by atoms with E-state index < -0.39 is 0 Å². The molecule has 0 spiro atoms. The third-order valence-electron chi connectivity index (χ3n) is 3.84. The zero-order valence-electron chi connectivity index (χ0n) is 13.8. The largest absolute Gasteiger partial charge is 0.486 e. The number of fused-ring (bicyclic) bond motifs is 1. The Morgan fingerprint density at radius 2 is 1.84 bits per heavy atom. The van der Waals surface area contributed by atoms with Gasteiger partial charge in [0, 0.05) is 18.0 Å². The van der Waals surface area contributed by atoms with Gasteiger partial charge in [-0.1, -0.05) is 30.3 Å². The number of rotatable bonds is 3. The van der Waals surface area contributed by atoms with Gasteiger partial charge >= 0.3 is 0 Å². The number of benzene rings is 2. The van der Waals surface area contributed by atoms with Crippen LogP contribution in [0.3, 0.4) is 0 Å². The standard InChI is InChI=1S/C19H17N3O2S/c1-20-19-22(21-12-14-5-3-2-4-6-14)16(13-25-19)15-7-8-17-18(11-15)24-10-9-23-17/h2-8,11-13H,9-10H2,1H3/b20-19?,21-12-. The van der Waals surface area contributed by atoms with Crippen LogP contribution in [0.4, 0.5) is 0 Å². The van der Waals surface area contributed by atoms with Crippen molar-refractivity contribution in [1.29, 1.82) is 0 Å². The summed E-state index contributed by atoms with van der Waals surface area (Å²) in [5.41, 5.74) is 3.02. The van der Waals surface area contributed by atoms with Gasteiger partial charge in [-0.2, -0.15) is 5.10 Å². The quantitative estimate of drug-likeness (QED) is 0.679. The first-order valence-electron chi connectivity index (χ1n) is 7.98. The maximum atomic E-state index is 5.70. The second kappa shape index (κ2) is 6.94. The Balaban J connectivity index is 1.76. The molecule has 1 aliphatic heterocycles. The van der Waals surface area contributed by atoms with Crippen molar-refractivity contribution in [3.05, 3.63) is 64.3 Å². The maximum Gasteiger partial charge on any atom is 0.205 e. The van der Waals surface area contributed by atoms with Crippen molar-refractivity contribution in [1.82, 2.24) is 4.68 Å². The third kappa shape index (κ3) is 3.21. The SMILES string of the molecule is CN=c1scc(-c2ccc3c(c2)OCCO3)n1/N=C\c1ccccc1. The van der Waals surface area contributed by atoms with Gasteiger partial charge < -0.3 is 9.47 Å². The molecule has 0 saturated carbocycles. The molecule has 0 radical (unpaired) electrons. The van der Waals surface area contributed by atoms with Gasteiger partial charge in [0.25, 0.3) is 0 Å². The summed E-state index contributed by atoms with van der Waals surface area (Å²) in [6.45, 7) is 1.16. The summed E-state index contributed by atoms with van der Waals surface area (Å²) in [7, 11) is 1.77. The van der Waals surface area contributed by atoms with Gasteiger partial charge in [-0.3, -0.25) is 4.99 Å². The van der Waals surface area contributed by atoms with Crippen molar-refractivity contribution in [3.8, 4) is 22.8 Å². The molecule has 0 unspecified atom stereocenters. The highest BCUT2D eigenvalue weighted by Gasteiger charge is 2.14. The molecule has 0 saturated heterocycles. The smallest absolute Gasteiger partial charge is 0.205 e. The van der Waals surface area contributed by atoms with Crippen molar-refractivity contribution in [2.75, 3.05) is 20.3 Å². The molecule has 5 nitrogen and oxygen atoms in total. The number of aromatic nitrogens is 1. The number of hydrogen-bond acceptors (Lipinski definition) is 5. The molecular weight excluding hydrogens is 334 g/mol. The number of nitrogens with zero attached hydrogens (tertiary/aromatic N) is 3. The summed E-state index contributed by atoms with van der Waals surface area (Å²) >= 11 is 1.55. The molecule has 1 aromatic heterocycles. The van der Waals surface area contributed by atoms with Crippen LogP contribution >= 0.6 is 11.3 Å². The monoisotopic (exact) mass is 351 g/mol. The summed E-state index contributed by atoms with van der Waals surface area (Å²) in [6, 6.07) is 16.0. The first-order valence-corrected chi connectivity index (χ1v) is 8.86. The van der Waals surface area contributed by atoms with Crippen LogP contribution in [0.5, 0.6) is 11.5 Å². The summed E-state index contributed by atoms with van der Waals surface area (Å²) in [5.74, 6) is 1.55. The maximum absolute atomic E-state index is 5.70. The fourth-order valence-corrected chi connectivity index (χ4v) is 3.43. The Kier molecular flexibility index (Phi) is 4.35. The second-order valence-electron chi connectivity index (χ2n) is 5.45. The predicted octanol–water partition coefficient (Wildman–Crippen LogP) is 3.40. The molecule has 0 amide bonds. The Morgan fingerprint density at radius 1 is 1.04 bits per heavy atom. The van der Waals surface area contributed by atoms with Crippen LogP contribution in [0.15, 0.2) is 64.0 Å². The van der Waals surface area contributed by atoms with Gasteiger partial charge in [0.15, 0.2) is 11.5 Å². The van der Waals surface area contributed by atoms with E-state index in [4.69, 9.17) is 9.47 Å². The predicted molar refractivity (Wildman–Crippen MR) is 99.7 cm³/mol. The topological polar surface area (TPSA) is 48.1 Å². The van der Waals surface area contributed by atoms with Crippen molar-refractivity contribution in [2.24, 2.45) is 10.1 Å². The van der Waals surface area contributed by atoms with Crippen molar-refractivity contribution in [3.63, 3.8) is 0 Å². The van der Waals surface area contributed by atoms with Crippen molar-refractivity contribution in [2.45, 2.75) is 0 Å². The fourth-order valence-electron chi connectivity index (χ4n) is 2.63. The molecule has 0 N–H and O–H groups in total. The molecule has 1 aliphatic rings. The Bertz CT molecular complexity index is 974. The summed E-state index contributed by atoms with van der Waals surface area (Å²) in [5, 5.41) is 6.68. The van der Waals surface area contributed by atoms with Crippen LogP contribution < -0.4 is 14.3 Å². The van der Waals surface area contributed by atoms with E-state index in [0.29, 0.717) is 13.2 Å². The average molecular weight is 351 g/mol. The second-order valence-corrected chi connectivity index (χ2v) is 6.29. The number of thiazole rings is 1. The summed E-state index contributed by atoms with van der Waals surface area (Å²) < 4.78 is 13.1. The van der Waals surface area contributed by atoms with Gasteiger partial charge in [0.1, 0.15) is 13.2 Å². The molecule has 25 heavy (non-hydrogen) atoms.